The van der Waals surface area contributed by atoms with Crippen LogP contribution in [0.3, 0.4) is 0 Å². The summed E-state index contributed by atoms with van der Waals surface area (Å²) in [6.45, 7) is 0.786. The minimum absolute atomic E-state index is 0.0607. The van der Waals surface area contributed by atoms with Crippen molar-refractivity contribution in [3.05, 3.63) is 58.4 Å². The molecule has 0 spiro atoms. The smallest absolute Gasteiger partial charge is 0.125 e. The second kappa shape index (κ2) is 4.80. The Kier molecular flexibility index (Phi) is 3.10. The molecular formula is C15H13ClFN3. The molecule has 2 aromatic carbocycles. The summed E-state index contributed by atoms with van der Waals surface area (Å²) in [5, 5.41) is 7.86. The zero-order valence-electron chi connectivity index (χ0n) is 10.7. The van der Waals surface area contributed by atoms with Crippen molar-refractivity contribution in [2.75, 3.05) is 11.4 Å². The summed E-state index contributed by atoms with van der Waals surface area (Å²) in [5.41, 5.74) is 8.83. The molecule has 5 heteroatoms. The third-order valence-corrected chi connectivity index (χ3v) is 3.81. The van der Waals surface area contributed by atoms with E-state index in [9.17, 15) is 4.39 Å². The van der Waals surface area contributed by atoms with Crippen molar-refractivity contribution < 1.29 is 4.39 Å². The lowest BCUT2D eigenvalue weighted by atomic mass is 10.1. The summed E-state index contributed by atoms with van der Waals surface area (Å²) < 4.78 is 13.4. The van der Waals surface area contributed by atoms with Crippen LogP contribution in [0.1, 0.15) is 11.1 Å². The summed E-state index contributed by atoms with van der Waals surface area (Å²) in [6, 6.07) is 10.2. The number of hydrogen-bond acceptors (Lipinski definition) is 2. The highest BCUT2D eigenvalue weighted by Crippen LogP contribution is 2.36. The zero-order valence-corrected chi connectivity index (χ0v) is 11.4. The largest absolute Gasteiger partial charge is 0.384 e. The maximum Gasteiger partial charge on any atom is 0.125 e. The van der Waals surface area contributed by atoms with Crippen molar-refractivity contribution >= 4 is 28.8 Å². The summed E-state index contributed by atoms with van der Waals surface area (Å²) in [6.07, 6.45) is 0.877. The molecule has 1 heterocycles. The van der Waals surface area contributed by atoms with Crippen molar-refractivity contribution in [1.29, 1.82) is 5.41 Å². The van der Waals surface area contributed by atoms with E-state index in [1.807, 2.05) is 17.0 Å². The van der Waals surface area contributed by atoms with Crippen LogP contribution >= 0.6 is 11.6 Å². The van der Waals surface area contributed by atoms with E-state index in [0.29, 0.717) is 10.6 Å². The molecule has 0 bridgehead atoms. The van der Waals surface area contributed by atoms with Crippen molar-refractivity contribution in [2.45, 2.75) is 6.42 Å². The average Bonchev–Trinajstić information content (AvgIpc) is 2.81. The lowest BCUT2D eigenvalue weighted by Crippen LogP contribution is -2.15. The first-order valence-electron chi connectivity index (χ1n) is 6.26. The van der Waals surface area contributed by atoms with Crippen LogP contribution in [-0.4, -0.2) is 12.4 Å². The lowest BCUT2D eigenvalue weighted by Gasteiger charge is -2.20. The molecule has 0 fully saturated rings. The van der Waals surface area contributed by atoms with Gasteiger partial charge in [-0.3, -0.25) is 5.41 Å². The number of nitrogens with two attached hydrogens (primary N) is 1. The number of nitrogens with zero attached hydrogens (tertiary/aromatic N) is 1. The third-order valence-electron chi connectivity index (χ3n) is 3.50. The first kappa shape index (κ1) is 12.9. The molecule has 0 atom stereocenters. The molecule has 0 saturated heterocycles. The van der Waals surface area contributed by atoms with Gasteiger partial charge in [-0.25, -0.2) is 4.39 Å². The van der Waals surface area contributed by atoms with Gasteiger partial charge in [0.1, 0.15) is 11.7 Å². The molecule has 0 aliphatic carbocycles. The monoisotopic (exact) mass is 289 g/mol. The number of halogens is 2. The Labute approximate surface area is 121 Å². The Balaban J connectivity index is 2.02. The summed E-state index contributed by atoms with van der Waals surface area (Å²) in [5.74, 6) is -0.309. The van der Waals surface area contributed by atoms with Crippen LogP contribution in [0.2, 0.25) is 5.02 Å². The molecule has 0 aromatic heterocycles. The quantitative estimate of drug-likeness (QED) is 0.657. The molecule has 3 N–H and O–H groups in total. The molecule has 1 aliphatic rings. The average molecular weight is 290 g/mol. The number of nitrogens with one attached hydrogen (secondary N) is 1. The second-order valence-electron chi connectivity index (χ2n) is 4.75. The number of anilines is 2. The van der Waals surface area contributed by atoms with E-state index in [1.54, 1.807) is 12.1 Å². The Morgan fingerprint density at radius 1 is 1.25 bits per heavy atom. The summed E-state index contributed by atoms with van der Waals surface area (Å²) >= 11 is 6.14. The molecule has 0 radical (unpaired) electrons. The molecule has 3 rings (SSSR count). The van der Waals surface area contributed by atoms with Gasteiger partial charge in [-0.1, -0.05) is 17.7 Å². The predicted molar refractivity (Wildman–Crippen MR) is 79.6 cm³/mol. The molecule has 1 aliphatic heterocycles. The van der Waals surface area contributed by atoms with Gasteiger partial charge >= 0.3 is 0 Å². The van der Waals surface area contributed by atoms with Crippen LogP contribution in [-0.2, 0) is 6.42 Å². The topological polar surface area (TPSA) is 53.1 Å². The fourth-order valence-corrected chi connectivity index (χ4v) is 2.79. The van der Waals surface area contributed by atoms with Crippen molar-refractivity contribution in [3.63, 3.8) is 0 Å². The van der Waals surface area contributed by atoms with Gasteiger partial charge in [-0.2, -0.15) is 0 Å². The molecule has 0 saturated carbocycles. The molecule has 0 amide bonds. The van der Waals surface area contributed by atoms with Gasteiger partial charge in [0.05, 0.1) is 5.02 Å². The molecule has 0 unspecified atom stereocenters. The van der Waals surface area contributed by atoms with Crippen LogP contribution in [0.5, 0.6) is 0 Å². The fraction of sp³-hybridized carbons (Fsp3) is 0.133. The number of fused-ring (bicyclic) bond motifs is 1. The van der Waals surface area contributed by atoms with E-state index >= 15 is 0 Å². The lowest BCUT2D eigenvalue weighted by molar-refractivity contribution is 0.628. The van der Waals surface area contributed by atoms with E-state index < -0.39 is 0 Å². The maximum atomic E-state index is 13.4. The SMILES string of the molecule is N=C(N)c1ccc(N2CCc3ccc(F)cc32)cc1Cl. The Morgan fingerprint density at radius 2 is 2.05 bits per heavy atom. The number of amidine groups is 1. The van der Waals surface area contributed by atoms with Gasteiger partial charge in [0.25, 0.3) is 0 Å². The van der Waals surface area contributed by atoms with E-state index in [4.69, 9.17) is 22.7 Å². The molecular weight excluding hydrogens is 277 g/mol. The maximum absolute atomic E-state index is 13.4. The Hall–Kier alpha value is -2.07. The van der Waals surface area contributed by atoms with Crippen molar-refractivity contribution in [1.82, 2.24) is 0 Å². The van der Waals surface area contributed by atoms with Crippen LogP contribution < -0.4 is 10.6 Å². The number of benzene rings is 2. The van der Waals surface area contributed by atoms with Crippen LogP contribution in [0.25, 0.3) is 0 Å². The first-order valence-corrected chi connectivity index (χ1v) is 6.64. The van der Waals surface area contributed by atoms with E-state index in [0.717, 1.165) is 29.9 Å². The van der Waals surface area contributed by atoms with E-state index in [-0.39, 0.29) is 11.7 Å². The Bertz CT molecular complexity index is 700. The number of nitrogen functional groups attached to an aromatic ring is 1. The normalized spacial score (nSPS) is 13.4. The second-order valence-corrected chi connectivity index (χ2v) is 5.16. The van der Waals surface area contributed by atoms with Crippen LogP contribution in [0.4, 0.5) is 15.8 Å². The molecule has 3 nitrogen and oxygen atoms in total. The fourth-order valence-electron chi connectivity index (χ4n) is 2.51. The minimum Gasteiger partial charge on any atom is -0.384 e. The van der Waals surface area contributed by atoms with Gasteiger partial charge in [0.2, 0.25) is 0 Å². The van der Waals surface area contributed by atoms with Crippen molar-refractivity contribution in [3.8, 4) is 0 Å². The van der Waals surface area contributed by atoms with E-state index in [2.05, 4.69) is 0 Å². The number of hydrogen-bond donors (Lipinski definition) is 2. The Morgan fingerprint density at radius 3 is 2.75 bits per heavy atom. The van der Waals surface area contributed by atoms with Gasteiger partial charge in [-0.05, 0) is 42.3 Å². The summed E-state index contributed by atoms with van der Waals surface area (Å²) in [4.78, 5) is 2.02. The van der Waals surface area contributed by atoms with Gasteiger partial charge in [0, 0.05) is 23.5 Å². The highest BCUT2D eigenvalue weighted by atomic mass is 35.5. The highest BCUT2D eigenvalue weighted by Gasteiger charge is 2.21. The van der Waals surface area contributed by atoms with Crippen molar-refractivity contribution in [2.24, 2.45) is 5.73 Å². The van der Waals surface area contributed by atoms with E-state index in [1.165, 1.54) is 12.1 Å². The number of rotatable bonds is 2. The third kappa shape index (κ3) is 2.12. The van der Waals surface area contributed by atoms with Gasteiger partial charge in [-0.15, -0.1) is 0 Å². The van der Waals surface area contributed by atoms with Crippen LogP contribution in [0.15, 0.2) is 36.4 Å². The zero-order chi connectivity index (χ0) is 14.3. The predicted octanol–water partition coefficient (Wildman–Crippen LogP) is 3.46. The minimum atomic E-state index is -0.248. The highest BCUT2D eigenvalue weighted by molar-refractivity contribution is 6.34. The molecule has 102 valence electrons. The van der Waals surface area contributed by atoms with Gasteiger partial charge in [0.15, 0.2) is 0 Å². The summed E-state index contributed by atoms with van der Waals surface area (Å²) in [7, 11) is 0. The standard InChI is InChI=1S/C15H13ClFN3/c16-13-8-11(3-4-12(13)15(18)19)20-6-5-9-1-2-10(17)7-14(9)20/h1-4,7-8H,5-6H2,(H3,18,19). The van der Waals surface area contributed by atoms with Gasteiger partial charge < -0.3 is 10.6 Å². The molecule has 20 heavy (non-hydrogen) atoms. The van der Waals surface area contributed by atoms with Crippen LogP contribution in [0, 0.1) is 11.2 Å². The first-order chi connectivity index (χ1) is 9.56. The molecule has 2 aromatic rings.